The molecule has 1 aliphatic rings. The van der Waals surface area contributed by atoms with Crippen molar-refractivity contribution in [2.45, 2.75) is 44.8 Å². The summed E-state index contributed by atoms with van der Waals surface area (Å²) >= 11 is 0. The highest BCUT2D eigenvalue weighted by atomic mass is 16.3. The Labute approximate surface area is 136 Å². The maximum atomic E-state index is 12.4. The first-order valence-corrected chi connectivity index (χ1v) is 8.47. The molecule has 23 heavy (non-hydrogen) atoms. The number of fused-ring (bicyclic) bond motifs is 1. The molecule has 3 rings (SSSR count). The predicted octanol–water partition coefficient (Wildman–Crippen LogP) is 2.44. The molecule has 1 saturated carbocycles. The monoisotopic (exact) mass is 315 g/mol. The van der Waals surface area contributed by atoms with Gasteiger partial charge in [-0.1, -0.05) is 25.0 Å². The van der Waals surface area contributed by atoms with E-state index in [2.05, 4.69) is 4.98 Å². The van der Waals surface area contributed by atoms with Crippen LogP contribution in [0.15, 0.2) is 30.6 Å². The average molecular weight is 315 g/mol. The first-order chi connectivity index (χ1) is 11.1. The lowest BCUT2D eigenvalue weighted by atomic mass is 9.86. The van der Waals surface area contributed by atoms with Crippen LogP contribution in [0.3, 0.4) is 0 Å². The van der Waals surface area contributed by atoms with Crippen LogP contribution < -0.4 is 0 Å². The van der Waals surface area contributed by atoms with E-state index in [1.165, 1.54) is 0 Å². The van der Waals surface area contributed by atoms with Crippen molar-refractivity contribution in [1.82, 2.24) is 14.5 Å². The van der Waals surface area contributed by atoms with Crippen LogP contribution in [0.5, 0.6) is 0 Å². The Morgan fingerprint density at radius 3 is 2.96 bits per heavy atom. The summed E-state index contributed by atoms with van der Waals surface area (Å²) in [6.07, 6.45) is 6.14. The van der Waals surface area contributed by atoms with Crippen molar-refractivity contribution in [3.05, 3.63) is 30.6 Å². The van der Waals surface area contributed by atoms with E-state index in [4.69, 9.17) is 0 Å². The number of aliphatic hydroxyl groups excluding tert-OH is 1. The van der Waals surface area contributed by atoms with Gasteiger partial charge in [-0.3, -0.25) is 4.79 Å². The van der Waals surface area contributed by atoms with Crippen LogP contribution in [0.1, 0.15) is 32.1 Å². The summed E-state index contributed by atoms with van der Waals surface area (Å²) in [6.45, 7) is 1.29. The molecule has 1 N–H and O–H groups in total. The highest BCUT2D eigenvalue weighted by Crippen LogP contribution is 2.25. The maximum Gasteiger partial charge on any atom is 0.224 e. The van der Waals surface area contributed by atoms with Crippen LogP contribution in [-0.4, -0.2) is 45.2 Å². The molecule has 124 valence electrons. The smallest absolute Gasteiger partial charge is 0.224 e. The Balaban J connectivity index is 1.54. The van der Waals surface area contributed by atoms with Crippen LogP contribution in [0.4, 0.5) is 0 Å². The van der Waals surface area contributed by atoms with Crippen LogP contribution >= 0.6 is 0 Å². The van der Waals surface area contributed by atoms with E-state index in [1.807, 2.05) is 35.9 Å². The number of hydrogen-bond acceptors (Lipinski definition) is 3. The first kappa shape index (κ1) is 16.0. The lowest BCUT2D eigenvalue weighted by molar-refractivity contribution is -0.131. The molecule has 5 nitrogen and oxygen atoms in total. The molecule has 0 bridgehead atoms. The number of para-hydroxylation sites is 2. The number of rotatable bonds is 5. The van der Waals surface area contributed by atoms with Gasteiger partial charge in [0.2, 0.25) is 5.91 Å². The summed E-state index contributed by atoms with van der Waals surface area (Å²) in [5.74, 6) is 0.354. The normalized spacial score (nSPS) is 21.5. The molecule has 1 fully saturated rings. The number of hydrogen-bond donors (Lipinski definition) is 1. The van der Waals surface area contributed by atoms with Crippen molar-refractivity contribution >= 4 is 16.9 Å². The minimum atomic E-state index is -0.253. The Hall–Kier alpha value is -1.88. The Morgan fingerprint density at radius 1 is 1.35 bits per heavy atom. The SMILES string of the molecule is CN(CC1CCCCC1O)C(=O)CCn1cnc2ccccc21. The largest absolute Gasteiger partial charge is 0.393 e. The topological polar surface area (TPSA) is 58.4 Å². The number of aryl methyl sites for hydroxylation is 1. The van der Waals surface area contributed by atoms with Crippen molar-refractivity contribution in [3.8, 4) is 0 Å². The number of amides is 1. The third-order valence-corrected chi connectivity index (χ3v) is 4.90. The van der Waals surface area contributed by atoms with Gasteiger partial charge in [0.05, 0.1) is 23.5 Å². The lowest BCUT2D eigenvalue weighted by Crippen LogP contribution is -2.38. The van der Waals surface area contributed by atoms with Gasteiger partial charge in [-0.2, -0.15) is 0 Å². The Morgan fingerprint density at radius 2 is 2.13 bits per heavy atom. The van der Waals surface area contributed by atoms with Gasteiger partial charge in [0.15, 0.2) is 0 Å². The van der Waals surface area contributed by atoms with E-state index in [-0.39, 0.29) is 17.9 Å². The van der Waals surface area contributed by atoms with Crippen LogP contribution in [0.2, 0.25) is 0 Å². The van der Waals surface area contributed by atoms with Crippen LogP contribution in [0.25, 0.3) is 11.0 Å². The second-order valence-electron chi connectivity index (χ2n) is 6.56. The highest BCUT2D eigenvalue weighted by molar-refractivity contribution is 5.77. The zero-order valence-corrected chi connectivity index (χ0v) is 13.7. The fourth-order valence-electron chi connectivity index (χ4n) is 3.45. The number of benzene rings is 1. The third-order valence-electron chi connectivity index (χ3n) is 4.90. The molecule has 5 heteroatoms. The van der Waals surface area contributed by atoms with Crippen molar-refractivity contribution < 1.29 is 9.90 Å². The molecule has 2 atom stereocenters. The molecule has 1 aromatic carbocycles. The van der Waals surface area contributed by atoms with Gasteiger partial charge in [-0.15, -0.1) is 0 Å². The van der Waals surface area contributed by atoms with Crippen molar-refractivity contribution in [3.63, 3.8) is 0 Å². The lowest BCUT2D eigenvalue weighted by Gasteiger charge is -2.31. The van der Waals surface area contributed by atoms with E-state index in [1.54, 1.807) is 11.2 Å². The second kappa shape index (κ2) is 7.13. The van der Waals surface area contributed by atoms with Gasteiger partial charge in [0.1, 0.15) is 0 Å². The zero-order chi connectivity index (χ0) is 16.2. The van der Waals surface area contributed by atoms with Gasteiger partial charge in [0, 0.05) is 32.5 Å². The number of aromatic nitrogens is 2. The Kier molecular flexibility index (Phi) is 4.96. The van der Waals surface area contributed by atoms with Gasteiger partial charge in [-0.25, -0.2) is 4.98 Å². The molecular formula is C18H25N3O2. The summed E-state index contributed by atoms with van der Waals surface area (Å²) in [7, 11) is 1.84. The molecule has 1 amide bonds. The molecule has 1 aromatic heterocycles. The van der Waals surface area contributed by atoms with Crippen LogP contribution in [-0.2, 0) is 11.3 Å². The summed E-state index contributed by atoms with van der Waals surface area (Å²) < 4.78 is 2.02. The highest BCUT2D eigenvalue weighted by Gasteiger charge is 2.25. The van der Waals surface area contributed by atoms with E-state index in [0.29, 0.717) is 19.5 Å². The molecule has 0 saturated heterocycles. The quantitative estimate of drug-likeness (QED) is 0.922. The number of carbonyl (C=O) groups excluding carboxylic acids is 1. The molecule has 0 spiro atoms. The minimum absolute atomic E-state index is 0.126. The molecule has 2 unspecified atom stereocenters. The van der Waals surface area contributed by atoms with Gasteiger partial charge < -0.3 is 14.6 Å². The number of carbonyl (C=O) groups is 1. The zero-order valence-electron chi connectivity index (χ0n) is 13.7. The fraction of sp³-hybridized carbons (Fsp3) is 0.556. The summed E-state index contributed by atoms with van der Waals surface area (Å²) in [5.41, 5.74) is 2.02. The number of nitrogens with zero attached hydrogens (tertiary/aromatic N) is 3. The maximum absolute atomic E-state index is 12.4. The van der Waals surface area contributed by atoms with Crippen molar-refractivity contribution in [2.24, 2.45) is 5.92 Å². The summed E-state index contributed by atoms with van der Waals surface area (Å²) in [5, 5.41) is 10.0. The van der Waals surface area contributed by atoms with Crippen LogP contribution in [0, 0.1) is 5.92 Å². The van der Waals surface area contributed by atoms with Gasteiger partial charge >= 0.3 is 0 Å². The molecule has 0 aliphatic heterocycles. The molecule has 0 radical (unpaired) electrons. The van der Waals surface area contributed by atoms with E-state index in [9.17, 15) is 9.90 Å². The van der Waals surface area contributed by atoms with Crippen molar-refractivity contribution in [2.75, 3.05) is 13.6 Å². The number of aliphatic hydroxyl groups is 1. The van der Waals surface area contributed by atoms with E-state index in [0.717, 1.165) is 36.7 Å². The van der Waals surface area contributed by atoms with E-state index < -0.39 is 0 Å². The summed E-state index contributed by atoms with van der Waals surface area (Å²) in [4.78, 5) is 18.5. The fourth-order valence-corrected chi connectivity index (χ4v) is 3.45. The van der Waals surface area contributed by atoms with Gasteiger partial charge in [-0.05, 0) is 25.0 Å². The Bertz CT molecular complexity index is 667. The van der Waals surface area contributed by atoms with Gasteiger partial charge in [0.25, 0.3) is 0 Å². The minimum Gasteiger partial charge on any atom is -0.393 e. The molecular weight excluding hydrogens is 290 g/mol. The third kappa shape index (κ3) is 3.72. The standard InChI is InChI=1S/C18H25N3O2/c1-20(12-14-6-2-5-9-17(14)22)18(23)10-11-21-13-19-15-7-3-4-8-16(15)21/h3-4,7-8,13-14,17,22H,2,5-6,9-12H2,1H3. The predicted molar refractivity (Wildman–Crippen MR) is 90.0 cm³/mol. The average Bonchev–Trinajstić information content (AvgIpc) is 2.98. The molecule has 1 heterocycles. The first-order valence-electron chi connectivity index (χ1n) is 8.47. The van der Waals surface area contributed by atoms with Crippen molar-refractivity contribution in [1.29, 1.82) is 0 Å². The summed E-state index contributed by atoms with van der Waals surface area (Å²) in [6, 6.07) is 7.95. The second-order valence-corrected chi connectivity index (χ2v) is 6.56. The number of imidazole rings is 1. The van der Waals surface area contributed by atoms with E-state index >= 15 is 0 Å². The molecule has 1 aliphatic carbocycles. The molecule has 2 aromatic rings.